The quantitative estimate of drug-likeness (QED) is 0.686. The highest BCUT2D eigenvalue weighted by molar-refractivity contribution is 7.86. The molecule has 2 heterocycles. The third-order valence-corrected chi connectivity index (χ3v) is 3.31. The molecule has 0 amide bonds. The second kappa shape index (κ2) is 2.74. The second-order valence-corrected chi connectivity index (χ2v) is 4.67. The van der Waals surface area contributed by atoms with Crippen LogP contribution in [0.4, 0.5) is 3.89 Å². The molecule has 2 aromatic heterocycles. The fourth-order valence-corrected chi connectivity index (χ4v) is 2.53. The molecule has 0 N–H and O–H groups in total. The average Bonchev–Trinajstić information content (AvgIpc) is 2.48. The van der Waals surface area contributed by atoms with Crippen molar-refractivity contribution in [3.63, 3.8) is 0 Å². The van der Waals surface area contributed by atoms with E-state index >= 15 is 0 Å². The summed E-state index contributed by atoms with van der Waals surface area (Å²) >= 11 is 1.32. The van der Waals surface area contributed by atoms with Crippen molar-refractivity contribution in [1.29, 1.82) is 0 Å². The normalized spacial score (nSPS) is 12.1. The number of rotatable bonds is 1. The van der Waals surface area contributed by atoms with E-state index in [-0.39, 0.29) is 4.90 Å². The first-order valence-electron chi connectivity index (χ1n) is 3.35. The zero-order valence-electron chi connectivity index (χ0n) is 6.27. The summed E-state index contributed by atoms with van der Waals surface area (Å²) in [6, 6.07) is 1.56. The van der Waals surface area contributed by atoms with Crippen LogP contribution < -0.4 is 0 Å². The lowest BCUT2D eigenvalue weighted by Crippen LogP contribution is -1.92. The molecule has 0 aliphatic carbocycles. The Balaban J connectivity index is 2.91. The molecule has 3 nitrogen and oxygen atoms in total. The third kappa shape index (κ3) is 1.42. The van der Waals surface area contributed by atoms with Crippen molar-refractivity contribution in [2.24, 2.45) is 0 Å². The van der Waals surface area contributed by atoms with Crippen molar-refractivity contribution in [2.45, 2.75) is 4.90 Å². The van der Waals surface area contributed by atoms with E-state index in [9.17, 15) is 12.3 Å². The summed E-state index contributed by atoms with van der Waals surface area (Å²) < 4.78 is 34.6. The minimum atomic E-state index is -4.66. The molecule has 0 radical (unpaired) electrons. The van der Waals surface area contributed by atoms with Crippen molar-refractivity contribution in [2.75, 3.05) is 0 Å². The molecule has 6 heteroatoms. The Hall–Kier alpha value is -1.01. The smallest absolute Gasteiger partial charge is 0.262 e. The molecule has 68 valence electrons. The van der Waals surface area contributed by atoms with Crippen LogP contribution in [0.15, 0.2) is 28.7 Å². The predicted octanol–water partition coefficient (Wildman–Crippen LogP) is 1.95. The Morgan fingerprint density at radius 3 is 2.85 bits per heavy atom. The van der Waals surface area contributed by atoms with Crippen LogP contribution in [0, 0.1) is 0 Å². The maximum absolute atomic E-state index is 12.7. The Kier molecular flexibility index (Phi) is 1.81. The number of halogens is 1. The summed E-state index contributed by atoms with van der Waals surface area (Å²) in [5, 5.41) is 2.09. The molecule has 2 rings (SSSR count). The SMILES string of the molecule is O=S(=O)(F)c1cncc2sccc12. The molecule has 0 aromatic carbocycles. The highest BCUT2D eigenvalue weighted by Crippen LogP contribution is 2.26. The van der Waals surface area contributed by atoms with Gasteiger partial charge < -0.3 is 0 Å². The van der Waals surface area contributed by atoms with Crippen molar-refractivity contribution in [3.8, 4) is 0 Å². The molecule has 0 bridgehead atoms. The molecule has 0 unspecified atom stereocenters. The number of pyridine rings is 1. The number of nitrogens with zero attached hydrogens (tertiary/aromatic N) is 1. The van der Waals surface area contributed by atoms with Crippen molar-refractivity contribution in [1.82, 2.24) is 4.98 Å². The molecule has 0 spiro atoms. The molecular formula is C7H4FNO2S2. The molecule has 0 aliphatic rings. The maximum atomic E-state index is 12.7. The van der Waals surface area contributed by atoms with E-state index in [1.807, 2.05) is 0 Å². The van der Waals surface area contributed by atoms with Crippen LogP contribution in [0.1, 0.15) is 0 Å². The number of thiophene rings is 1. The zero-order valence-corrected chi connectivity index (χ0v) is 7.90. The number of hydrogen-bond acceptors (Lipinski definition) is 4. The van der Waals surface area contributed by atoms with Gasteiger partial charge in [-0.25, -0.2) is 0 Å². The van der Waals surface area contributed by atoms with Gasteiger partial charge in [0, 0.05) is 17.8 Å². The van der Waals surface area contributed by atoms with Gasteiger partial charge in [0.2, 0.25) is 0 Å². The first-order chi connectivity index (χ1) is 6.09. The Morgan fingerprint density at radius 2 is 2.15 bits per heavy atom. The van der Waals surface area contributed by atoms with Crippen LogP contribution in [-0.4, -0.2) is 13.4 Å². The number of fused-ring (bicyclic) bond motifs is 1. The van der Waals surface area contributed by atoms with Crippen LogP contribution in [0.3, 0.4) is 0 Å². The van der Waals surface area contributed by atoms with Gasteiger partial charge >= 0.3 is 10.2 Å². The average molecular weight is 217 g/mol. The lowest BCUT2D eigenvalue weighted by Gasteiger charge is -1.94. The summed E-state index contributed by atoms with van der Waals surface area (Å²) in [6.07, 6.45) is 2.53. The first kappa shape index (κ1) is 8.58. The van der Waals surface area contributed by atoms with Gasteiger partial charge in [0.25, 0.3) is 0 Å². The van der Waals surface area contributed by atoms with E-state index in [4.69, 9.17) is 0 Å². The van der Waals surface area contributed by atoms with Crippen molar-refractivity contribution < 1.29 is 12.3 Å². The topological polar surface area (TPSA) is 47.0 Å². The predicted molar refractivity (Wildman–Crippen MR) is 47.9 cm³/mol. The van der Waals surface area contributed by atoms with Gasteiger partial charge in [0.05, 0.1) is 4.70 Å². The van der Waals surface area contributed by atoms with E-state index < -0.39 is 10.2 Å². The number of hydrogen-bond donors (Lipinski definition) is 0. The molecule has 0 atom stereocenters. The Morgan fingerprint density at radius 1 is 1.38 bits per heavy atom. The summed E-state index contributed by atoms with van der Waals surface area (Å²) in [5.74, 6) is 0. The van der Waals surface area contributed by atoms with E-state index in [2.05, 4.69) is 4.98 Å². The molecule has 0 fully saturated rings. The third-order valence-electron chi connectivity index (χ3n) is 1.61. The van der Waals surface area contributed by atoms with Crippen LogP contribution in [-0.2, 0) is 10.2 Å². The largest absolute Gasteiger partial charge is 0.334 e. The van der Waals surface area contributed by atoms with Gasteiger partial charge in [0.15, 0.2) is 0 Å². The van der Waals surface area contributed by atoms with E-state index in [0.717, 1.165) is 6.20 Å². The van der Waals surface area contributed by atoms with Crippen LogP contribution >= 0.6 is 11.3 Å². The molecule has 0 saturated heterocycles. The summed E-state index contributed by atoms with van der Waals surface area (Å²) in [5.41, 5.74) is 0. The first-order valence-corrected chi connectivity index (χ1v) is 5.61. The Labute approximate surface area is 78.1 Å². The van der Waals surface area contributed by atoms with E-state index in [0.29, 0.717) is 10.1 Å². The number of aromatic nitrogens is 1. The monoisotopic (exact) mass is 217 g/mol. The molecule has 2 aromatic rings. The van der Waals surface area contributed by atoms with E-state index in [1.165, 1.54) is 17.5 Å². The van der Waals surface area contributed by atoms with Crippen LogP contribution in [0.5, 0.6) is 0 Å². The maximum Gasteiger partial charge on any atom is 0.334 e. The fraction of sp³-hybridized carbons (Fsp3) is 0. The summed E-state index contributed by atoms with van der Waals surface area (Å²) in [4.78, 5) is 3.29. The van der Waals surface area contributed by atoms with Gasteiger partial charge in [-0.1, -0.05) is 0 Å². The molecular weight excluding hydrogens is 213 g/mol. The van der Waals surface area contributed by atoms with Gasteiger partial charge in [-0.05, 0) is 11.4 Å². The lowest BCUT2D eigenvalue weighted by atomic mass is 10.3. The van der Waals surface area contributed by atoms with E-state index in [1.54, 1.807) is 11.4 Å². The summed E-state index contributed by atoms with van der Waals surface area (Å²) in [7, 11) is -4.66. The molecule has 0 aliphatic heterocycles. The minimum absolute atomic E-state index is 0.355. The minimum Gasteiger partial charge on any atom is -0.262 e. The second-order valence-electron chi connectivity index (χ2n) is 2.41. The highest BCUT2D eigenvalue weighted by Gasteiger charge is 2.16. The molecule has 0 saturated carbocycles. The van der Waals surface area contributed by atoms with Gasteiger partial charge in [-0.15, -0.1) is 15.2 Å². The highest BCUT2D eigenvalue weighted by atomic mass is 32.3. The van der Waals surface area contributed by atoms with Crippen molar-refractivity contribution >= 4 is 31.6 Å². The lowest BCUT2D eigenvalue weighted by molar-refractivity contribution is 0.553. The van der Waals surface area contributed by atoms with Crippen LogP contribution in [0.2, 0.25) is 0 Å². The van der Waals surface area contributed by atoms with Gasteiger partial charge in [-0.3, -0.25) is 4.98 Å². The Bertz CT molecular complexity index is 546. The van der Waals surface area contributed by atoms with Crippen LogP contribution in [0.25, 0.3) is 10.1 Å². The standard InChI is InChI=1S/C7H4FNO2S2/c8-13(10,11)7-4-9-3-6-5(7)1-2-12-6/h1-4H. The van der Waals surface area contributed by atoms with Gasteiger partial charge in [-0.2, -0.15) is 8.42 Å². The van der Waals surface area contributed by atoms with Crippen molar-refractivity contribution in [3.05, 3.63) is 23.8 Å². The van der Waals surface area contributed by atoms with Gasteiger partial charge in [0.1, 0.15) is 4.90 Å². The zero-order chi connectivity index (χ0) is 9.47. The fourth-order valence-electron chi connectivity index (χ4n) is 1.06. The summed E-state index contributed by atoms with van der Waals surface area (Å²) in [6.45, 7) is 0. The molecule has 13 heavy (non-hydrogen) atoms.